The molecule has 0 saturated heterocycles. The van der Waals surface area contributed by atoms with E-state index >= 15 is 0 Å². The number of benzene rings is 2. The highest BCUT2D eigenvalue weighted by Gasteiger charge is 2.15. The lowest BCUT2D eigenvalue weighted by molar-refractivity contribution is -0.120. The largest absolute Gasteiger partial charge is 0.496 e. The SMILES string of the molecule is COc1ccc(C(C)=O)cc1CC(=O)NCc1cccc(OC2CCCCC2)c1. The molecule has 0 unspecified atom stereocenters. The number of hydrogen-bond donors (Lipinski definition) is 1. The molecule has 1 aliphatic carbocycles. The summed E-state index contributed by atoms with van der Waals surface area (Å²) >= 11 is 0. The predicted octanol–water partition coefficient (Wildman–Crippen LogP) is 4.47. The van der Waals surface area contributed by atoms with Gasteiger partial charge in [-0.15, -0.1) is 0 Å². The van der Waals surface area contributed by atoms with E-state index in [4.69, 9.17) is 9.47 Å². The van der Waals surface area contributed by atoms with Crippen LogP contribution in [0.2, 0.25) is 0 Å². The fraction of sp³-hybridized carbons (Fsp3) is 0.417. The third-order valence-corrected chi connectivity index (χ3v) is 5.28. The van der Waals surface area contributed by atoms with Crippen molar-refractivity contribution in [2.24, 2.45) is 0 Å². The van der Waals surface area contributed by atoms with Crippen molar-refractivity contribution >= 4 is 11.7 Å². The van der Waals surface area contributed by atoms with Crippen LogP contribution in [0.3, 0.4) is 0 Å². The molecule has 5 nitrogen and oxygen atoms in total. The summed E-state index contributed by atoms with van der Waals surface area (Å²) in [5.41, 5.74) is 2.27. The number of rotatable bonds is 8. The zero-order valence-electron chi connectivity index (χ0n) is 17.2. The topological polar surface area (TPSA) is 64.6 Å². The summed E-state index contributed by atoms with van der Waals surface area (Å²) in [6, 6.07) is 13.1. The first-order valence-electron chi connectivity index (χ1n) is 10.3. The highest BCUT2D eigenvalue weighted by atomic mass is 16.5. The molecule has 2 aromatic carbocycles. The molecular formula is C24H29NO4. The van der Waals surface area contributed by atoms with Gasteiger partial charge in [-0.3, -0.25) is 9.59 Å². The molecule has 29 heavy (non-hydrogen) atoms. The first-order chi connectivity index (χ1) is 14.0. The van der Waals surface area contributed by atoms with Crippen LogP contribution in [-0.4, -0.2) is 24.9 Å². The Morgan fingerprint density at radius 1 is 1.07 bits per heavy atom. The van der Waals surface area contributed by atoms with Crippen molar-refractivity contribution < 1.29 is 19.1 Å². The smallest absolute Gasteiger partial charge is 0.224 e. The second kappa shape index (κ2) is 10.1. The molecule has 0 aliphatic heterocycles. The van der Waals surface area contributed by atoms with Gasteiger partial charge in [0.2, 0.25) is 5.91 Å². The summed E-state index contributed by atoms with van der Waals surface area (Å²) in [5.74, 6) is 1.30. The van der Waals surface area contributed by atoms with Gasteiger partial charge in [0.15, 0.2) is 5.78 Å². The average Bonchev–Trinajstić information content (AvgIpc) is 2.73. The zero-order valence-corrected chi connectivity index (χ0v) is 17.2. The van der Waals surface area contributed by atoms with Crippen LogP contribution in [0, 0.1) is 0 Å². The van der Waals surface area contributed by atoms with Crippen LogP contribution in [-0.2, 0) is 17.8 Å². The molecule has 3 rings (SSSR count). The van der Waals surface area contributed by atoms with Crippen molar-refractivity contribution in [3.8, 4) is 11.5 Å². The molecule has 0 heterocycles. The maximum Gasteiger partial charge on any atom is 0.224 e. The number of carbonyl (C=O) groups excluding carboxylic acids is 2. The minimum atomic E-state index is -0.123. The van der Waals surface area contributed by atoms with Crippen LogP contribution in [0.4, 0.5) is 0 Å². The van der Waals surface area contributed by atoms with Gasteiger partial charge in [-0.25, -0.2) is 0 Å². The number of ketones is 1. The molecule has 0 bridgehead atoms. The van der Waals surface area contributed by atoms with E-state index in [1.165, 1.54) is 26.2 Å². The van der Waals surface area contributed by atoms with Gasteiger partial charge in [0.1, 0.15) is 11.5 Å². The first kappa shape index (κ1) is 20.9. The van der Waals surface area contributed by atoms with Crippen LogP contribution in [0.25, 0.3) is 0 Å². The lowest BCUT2D eigenvalue weighted by Gasteiger charge is -2.23. The zero-order chi connectivity index (χ0) is 20.6. The number of ether oxygens (including phenoxy) is 2. The third-order valence-electron chi connectivity index (χ3n) is 5.28. The summed E-state index contributed by atoms with van der Waals surface area (Å²) in [6.07, 6.45) is 6.44. The Balaban J connectivity index is 1.57. The van der Waals surface area contributed by atoms with Crippen LogP contribution in [0.5, 0.6) is 11.5 Å². The van der Waals surface area contributed by atoms with Crippen LogP contribution in [0.15, 0.2) is 42.5 Å². The molecular weight excluding hydrogens is 366 g/mol. The number of carbonyl (C=O) groups is 2. The van der Waals surface area contributed by atoms with E-state index in [9.17, 15) is 9.59 Å². The quantitative estimate of drug-likeness (QED) is 0.670. The number of methoxy groups -OCH3 is 1. The first-order valence-corrected chi connectivity index (χ1v) is 10.3. The van der Waals surface area contributed by atoms with Crippen LogP contribution >= 0.6 is 0 Å². The van der Waals surface area contributed by atoms with Crippen molar-refractivity contribution in [1.29, 1.82) is 0 Å². The summed E-state index contributed by atoms with van der Waals surface area (Å²) in [7, 11) is 1.56. The van der Waals surface area contributed by atoms with Gasteiger partial charge in [0.05, 0.1) is 19.6 Å². The lowest BCUT2D eigenvalue weighted by Crippen LogP contribution is -2.25. The molecule has 5 heteroatoms. The molecule has 1 amide bonds. The van der Waals surface area contributed by atoms with Gasteiger partial charge in [0, 0.05) is 17.7 Å². The number of Topliss-reactive ketones (excluding diaryl/α,β-unsaturated/α-hetero) is 1. The van der Waals surface area contributed by atoms with Gasteiger partial charge in [-0.2, -0.15) is 0 Å². The molecule has 0 spiro atoms. The molecule has 2 aromatic rings. The van der Waals surface area contributed by atoms with Gasteiger partial charge >= 0.3 is 0 Å². The maximum absolute atomic E-state index is 12.5. The predicted molar refractivity (Wildman–Crippen MR) is 112 cm³/mol. The van der Waals surface area contributed by atoms with E-state index in [0.717, 1.165) is 24.2 Å². The van der Waals surface area contributed by atoms with Crippen molar-refractivity contribution in [1.82, 2.24) is 5.32 Å². The van der Waals surface area contributed by atoms with Crippen molar-refractivity contribution in [2.45, 2.75) is 58.1 Å². The molecule has 1 aliphatic rings. The highest BCUT2D eigenvalue weighted by molar-refractivity contribution is 5.94. The summed E-state index contributed by atoms with van der Waals surface area (Å²) < 4.78 is 11.4. The Labute approximate surface area is 172 Å². The van der Waals surface area contributed by atoms with Crippen molar-refractivity contribution in [3.63, 3.8) is 0 Å². The summed E-state index contributed by atoms with van der Waals surface area (Å²) in [6.45, 7) is 1.93. The molecule has 0 atom stereocenters. The van der Waals surface area contributed by atoms with Crippen LogP contribution in [0.1, 0.15) is 60.5 Å². The Morgan fingerprint density at radius 3 is 2.59 bits per heavy atom. The summed E-state index contributed by atoms with van der Waals surface area (Å²) in [5, 5.41) is 2.94. The Hall–Kier alpha value is -2.82. The number of amides is 1. The van der Waals surface area contributed by atoms with Gasteiger partial charge in [-0.05, 0) is 68.5 Å². The second-order valence-corrected chi connectivity index (χ2v) is 7.56. The molecule has 154 valence electrons. The molecule has 1 fully saturated rings. The fourth-order valence-corrected chi connectivity index (χ4v) is 3.68. The molecule has 0 radical (unpaired) electrons. The Morgan fingerprint density at radius 2 is 1.86 bits per heavy atom. The van der Waals surface area contributed by atoms with E-state index < -0.39 is 0 Å². The minimum absolute atomic E-state index is 0.0379. The average molecular weight is 395 g/mol. The van der Waals surface area contributed by atoms with Gasteiger partial charge < -0.3 is 14.8 Å². The highest BCUT2D eigenvalue weighted by Crippen LogP contribution is 2.24. The lowest BCUT2D eigenvalue weighted by atomic mass is 9.98. The van der Waals surface area contributed by atoms with Crippen molar-refractivity contribution in [3.05, 3.63) is 59.2 Å². The van der Waals surface area contributed by atoms with Gasteiger partial charge in [-0.1, -0.05) is 18.6 Å². The Kier molecular flexibility index (Phi) is 7.28. The van der Waals surface area contributed by atoms with E-state index in [1.807, 2.05) is 24.3 Å². The fourth-order valence-electron chi connectivity index (χ4n) is 3.68. The Bertz CT molecular complexity index is 856. The molecule has 1 saturated carbocycles. The molecule has 1 N–H and O–H groups in total. The maximum atomic E-state index is 12.5. The number of nitrogens with one attached hydrogen (secondary N) is 1. The van der Waals surface area contributed by atoms with Gasteiger partial charge in [0.25, 0.3) is 0 Å². The summed E-state index contributed by atoms with van der Waals surface area (Å²) in [4.78, 5) is 24.1. The second-order valence-electron chi connectivity index (χ2n) is 7.56. The molecule has 0 aromatic heterocycles. The van der Waals surface area contributed by atoms with Crippen LogP contribution < -0.4 is 14.8 Å². The normalized spacial score (nSPS) is 14.3. The van der Waals surface area contributed by atoms with E-state index in [0.29, 0.717) is 29.5 Å². The van der Waals surface area contributed by atoms with E-state index in [2.05, 4.69) is 5.32 Å². The monoisotopic (exact) mass is 395 g/mol. The standard InChI is InChI=1S/C24H29NO4/c1-17(26)19-11-12-23(28-2)20(14-19)15-24(27)25-16-18-7-6-10-22(13-18)29-21-8-4-3-5-9-21/h6-7,10-14,21H,3-5,8-9,15-16H2,1-2H3,(H,25,27). The van der Waals surface area contributed by atoms with Crippen molar-refractivity contribution in [2.75, 3.05) is 7.11 Å². The minimum Gasteiger partial charge on any atom is -0.496 e. The van der Waals surface area contributed by atoms with E-state index in [-0.39, 0.29) is 18.1 Å². The van der Waals surface area contributed by atoms with E-state index in [1.54, 1.807) is 25.3 Å². The third kappa shape index (κ3) is 6.08. The number of hydrogen-bond acceptors (Lipinski definition) is 4.